The summed E-state index contributed by atoms with van der Waals surface area (Å²) in [7, 11) is 0. The van der Waals surface area contributed by atoms with Gasteiger partial charge in [0.2, 0.25) is 0 Å². The molecule has 4 saturated heterocycles. The Morgan fingerprint density at radius 2 is 1.95 bits per heavy atom. The number of phenolic OH excluding ortho intramolecular Hbond substituents is 1. The molecule has 11 heteroatoms. The number of fused-ring (bicyclic) bond motifs is 5. The number of piperazine rings is 1. The summed E-state index contributed by atoms with van der Waals surface area (Å²) in [6.07, 6.45) is 7.38. The van der Waals surface area contributed by atoms with Gasteiger partial charge in [0.05, 0.1) is 10.9 Å². The fourth-order valence-electron chi connectivity index (χ4n) is 8.01. The van der Waals surface area contributed by atoms with Crippen molar-refractivity contribution in [2.75, 3.05) is 37.8 Å². The quantitative estimate of drug-likeness (QED) is 0.292. The molecule has 8 nitrogen and oxygen atoms in total. The lowest BCUT2D eigenvalue weighted by atomic mass is 9.95. The Bertz CT molecular complexity index is 1730. The topological polar surface area (TPSA) is 86.6 Å². The normalized spacial score (nSPS) is 27.0. The first kappa shape index (κ1) is 27.2. The zero-order chi connectivity index (χ0) is 29.3. The van der Waals surface area contributed by atoms with Gasteiger partial charge in [-0.1, -0.05) is 23.7 Å². The van der Waals surface area contributed by atoms with E-state index < -0.39 is 5.82 Å². The number of alkyl halides is 1. The highest BCUT2D eigenvalue weighted by Gasteiger charge is 2.50. The van der Waals surface area contributed by atoms with E-state index in [9.17, 15) is 9.50 Å². The Morgan fingerprint density at radius 1 is 1.12 bits per heavy atom. The second-order valence-corrected chi connectivity index (χ2v) is 13.0. The molecule has 4 fully saturated rings. The summed E-state index contributed by atoms with van der Waals surface area (Å²) in [6.45, 7) is 2.31. The number of anilines is 1. The van der Waals surface area contributed by atoms with Crippen LogP contribution in [0.5, 0.6) is 11.8 Å². The van der Waals surface area contributed by atoms with Crippen LogP contribution in [0.1, 0.15) is 38.5 Å². The molecule has 4 atom stereocenters. The van der Waals surface area contributed by atoms with Gasteiger partial charge in [-0.25, -0.2) is 8.78 Å². The van der Waals surface area contributed by atoms with E-state index in [1.165, 1.54) is 6.07 Å². The standard InChI is InChI=1S/C32H33ClF2N6O2/c33-25-4-1-3-18-11-22(42)12-23(26(18)25)28-27(35)29-24(14-36-28)30(40-15-19-5-6-20(16-40)37-19)39-31(38-29)43-17-32-8-2-10-41(32)21(13-34)7-9-32/h1,3-4,11-12,14,19-21,37,42H,2,5-10,13,15-17H2. The maximum atomic E-state index is 16.7. The number of hydrogen-bond acceptors (Lipinski definition) is 8. The molecule has 4 aromatic rings. The molecule has 0 radical (unpaired) electrons. The van der Waals surface area contributed by atoms with E-state index in [0.29, 0.717) is 51.3 Å². The molecular weight excluding hydrogens is 574 g/mol. The summed E-state index contributed by atoms with van der Waals surface area (Å²) in [5.74, 6) is -0.0443. The van der Waals surface area contributed by atoms with Crippen molar-refractivity contribution in [3.8, 4) is 23.0 Å². The number of rotatable bonds is 6. The fourth-order valence-corrected chi connectivity index (χ4v) is 8.30. The monoisotopic (exact) mass is 606 g/mol. The lowest BCUT2D eigenvalue weighted by Gasteiger charge is -2.35. The molecule has 43 heavy (non-hydrogen) atoms. The van der Waals surface area contributed by atoms with E-state index in [0.717, 1.165) is 58.2 Å². The van der Waals surface area contributed by atoms with Crippen LogP contribution in [0.15, 0.2) is 36.5 Å². The third kappa shape index (κ3) is 4.48. The van der Waals surface area contributed by atoms with Gasteiger partial charge < -0.3 is 20.1 Å². The van der Waals surface area contributed by atoms with Crippen LogP contribution in [0.4, 0.5) is 14.6 Å². The highest BCUT2D eigenvalue weighted by atomic mass is 35.5. The zero-order valence-corrected chi connectivity index (χ0v) is 24.5. The minimum absolute atomic E-state index is 0.0155. The first-order valence-corrected chi connectivity index (χ1v) is 15.5. The molecule has 0 aliphatic carbocycles. The highest BCUT2D eigenvalue weighted by Crippen LogP contribution is 2.44. The van der Waals surface area contributed by atoms with Crippen LogP contribution >= 0.6 is 11.6 Å². The second-order valence-electron chi connectivity index (χ2n) is 12.5. The van der Waals surface area contributed by atoms with Crippen LogP contribution in [0.3, 0.4) is 0 Å². The van der Waals surface area contributed by atoms with Gasteiger partial charge >= 0.3 is 6.01 Å². The summed E-state index contributed by atoms with van der Waals surface area (Å²) >= 11 is 6.57. The number of phenols is 1. The molecule has 0 amide bonds. The zero-order valence-electron chi connectivity index (χ0n) is 23.7. The van der Waals surface area contributed by atoms with Crippen LogP contribution in [0, 0.1) is 5.82 Å². The smallest absolute Gasteiger partial charge is 0.319 e. The summed E-state index contributed by atoms with van der Waals surface area (Å²) in [6, 6.07) is 9.12. The maximum absolute atomic E-state index is 16.7. The van der Waals surface area contributed by atoms with E-state index in [1.807, 2.05) is 6.07 Å². The van der Waals surface area contributed by atoms with Gasteiger partial charge in [-0.3, -0.25) is 9.88 Å². The van der Waals surface area contributed by atoms with Crippen molar-refractivity contribution in [3.63, 3.8) is 0 Å². The Morgan fingerprint density at radius 3 is 2.77 bits per heavy atom. The van der Waals surface area contributed by atoms with Crippen molar-refractivity contribution in [2.24, 2.45) is 0 Å². The lowest BCUT2D eigenvalue weighted by molar-refractivity contribution is 0.0772. The predicted molar refractivity (Wildman–Crippen MR) is 162 cm³/mol. The van der Waals surface area contributed by atoms with Crippen LogP contribution in [0.25, 0.3) is 32.9 Å². The van der Waals surface area contributed by atoms with Gasteiger partial charge in [0.25, 0.3) is 0 Å². The summed E-state index contributed by atoms with van der Waals surface area (Å²) in [4.78, 5) is 18.5. The lowest BCUT2D eigenvalue weighted by Crippen LogP contribution is -2.51. The molecule has 8 rings (SSSR count). The van der Waals surface area contributed by atoms with Crippen LogP contribution in [0.2, 0.25) is 5.02 Å². The molecule has 2 bridgehead atoms. The molecule has 2 N–H and O–H groups in total. The number of nitrogens with zero attached hydrogens (tertiary/aromatic N) is 5. The number of benzene rings is 2. The average molecular weight is 607 g/mol. The third-order valence-electron chi connectivity index (χ3n) is 10.0. The van der Waals surface area contributed by atoms with Crippen molar-refractivity contribution in [1.82, 2.24) is 25.2 Å². The molecule has 224 valence electrons. The molecule has 0 spiro atoms. The Hall–Kier alpha value is -3.34. The molecule has 6 heterocycles. The van der Waals surface area contributed by atoms with Crippen molar-refractivity contribution in [3.05, 3.63) is 47.4 Å². The van der Waals surface area contributed by atoms with Crippen LogP contribution < -0.4 is 15.0 Å². The Kier molecular flexibility index (Phi) is 6.58. The number of pyridine rings is 1. The predicted octanol–water partition coefficient (Wildman–Crippen LogP) is 5.63. The van der Waals surface area contributed by atoms with E-state index >= 15 is 4.39 Å². The Balaban J connectivity index is 1.24. The minimum Gasteiger partial charge on any atom is -0.508 e. The SMILES string of the molecule is Oc1cc(-c2ncc3c(N4CC5CCC(C4)N5)nc(OCC45CCCN4C(CF)CC5)nc3c2F)c2c(Cl)cccc2c1. The molecule has 2 aromatic heterocycles. The number of ether oxygens (including phenoxy) is 1. The molecular formula is C32H33ClF2N6O2. The minimum atomic E-state index is -0.630. The van der Waals surface area contributed by atoms with E-state index in [-0.39, 0.29) is 41.2 Å². The second kappa shape index (κ2) is 10.4. The molecule has 4 unspecified atom stereocenters. The largest absolute Gasteiger partial charge is 0.508 e. The average Bonchev–Trinajstić information content (AvgIpc) is 3.68. The summed E-state index contributed by atoms with van der Waals surface area (Å²) in [5, 5.41) is 16.3. The maximum Gasteiger partial charge on any atom is 0.319 e. The highest BCUT2D eigenvalue weighted by molar-refractivity contribution is 6.36. The fraction of sp³-hybridized carbons (Fsp3) is 0.469. The van der Waals surface area contributed by atoms with Crippen molar-refractivity contribution in [2.45, 2.75) is 62.2 Å². The molecule has 4 aliphatic rings. The van der Waals surface area contributed by atoms with Gasteiger partial charge in [0.1, 0.15) is 36.1 Å². The molecule has 0 saturated carbocycles. The van der Waals surface area contributed by atoms with Crippen LogP contribution in [-0.2, 0) is 0 Å². The molecule has 4 aliphatic heterocycles. The first-order chi connectivity index (χ1) is 20.9. The number of aromatic nitrogens is 3. The van der Waals surface area contributed by atoms with E-state index in [1.54, 1.807) is 24.4 Å². The number of halogens is 3. The van der Waals surface area contributed by atoms with E-state index in [2.05, 4.69) is 25.1 Å². The number of aromatic hydroxyl groups is 1. The van der Waals surface area contributed by atoms with Gasteiger partial charge in [0.15, 0.2) is 5.82 Å². The van der Waals surface area contributed by atoms with Crippen LogP contribution in [-0.4, -0.2) is 81.5 Å². The summed E-state index contributed by atoms with van der Waals surface area (Å²) in [5.41, 5.74) is 0.280. The van der Waals surface area contributed by atoms with Gasteiger partial charge in [-0.05, 0) is 68.7 Å². The van der Waals surface area contributed by atoms with Crippen molar-refractivity contribution < 1.29 is 18.6 Å². The molecule has 2 aromatic carbocycles. The van der Waals surface area contributed by atoms with E-state index in [4.69, 9.17) is 21.3 Å². The van der Waals surface area contributed by atoms with Gasteiger partial charge in [-0.2, -0.15) is 9.97 Å². The summed E-state index contributed by atoms with van der Waals surface area (Å²) < 4.78 is 36.8. The third-order valence-corrected chi connectivity index (χ3v) is 10.3. The first-order valence-electron chi connectivity index (χ1n) is 15.2. The van der Waals surface area contributed by atoms with Gasteiger partial charge in [-0.15, -0.1) is 0 Å². The van der Waals surface area contributed by atoms with Crippen molar-refractivity contribution >= 4 is 39.1 Å². The number of hydrogen-bond donors (Lipinski definition) is 2. The Labute approximate surface area is 253 Å². The number of nitrogens with one attached hydrogen (secondary N) is 1. The van der Waals surface area contributed by atoms with Crippen molar-refractivity contribution in [1.29, 1.82) is 0 Å². The van der Waals surface area contributed by atoms with Gasteiger partial charge in [0, 0.05) is 53.4 Å².